The quantitative estimate of drug-likeness (QED) is 0.680. The molecule has 1 amide bonds. The van der Waals surface area contributed by atoms with E-state index in [0.29, 0.717) is 54.2 Å². The third-order valence-electron chi connectivity index (χ3n) is 6.81. The van der Waals surface area contributed by atoms with Gasteiger partial charge in [0.25, 0.3) is 5.91 Å². The number of amides is 1. The molecule has 6 rings (SSSR count). The van der Waals surface area contributed by atoms with Crippen molar-refractivity contribution in [2.24, 2.45) is 11.8 Å². The Morgan fingerprint density at radius 1 is 1.03 bits per heavy atom. The lowest BCUT2D eigenvalue weighted by Crippen LogP contribution is -2.42. The van der Waals surface area contributed by atoms with E-state index in [2.05, 4.69) is 4.98 Å². The van der Waals surface area contributed by atoms with Crippen molar-refractivity contribution in [2.45, 2.75) is 25.0 Å². The molecule has 2 fully saturated rings. The van der Waals surface area contributed by atoms with Crippen LogP contribution in [0.5, 0.6) is 17.2 Å². The van der Waals surface area contributed by atoms with Crippen LogP contribution < -0.4 is 14.2 Å². The summed E-state index contributed by atoms with van der Waals surface area (Å²) in [5.41, 5.74) is 1.66. The average molecular weight is 420 g/mol. The van der Waals surface area contributed by atoms with Crippen LogP contribution in [0.4, 0.5) is 0 Å². The molecule has 2 aliphatic heterocycles. The van der Waals surface area contributed by atoms with Crippen molar-refractivity contribution in [3.8, 4) is 17.2 Å². The second-order valence-corrected chi connectivity index (χ2v) is 8.72. The predicted molar refractivity (Wildman–Crippen MR) is 113 cm³/mol. The third kappa shape index (κ3) is 3.29. The van der Waals surface area contributed by atoms with E-state index >= 15 is 0 Å². The summed E-state index contributed by atoms with van der Waals surface area (Å²) in [5, 5.41) is 11.8. The Balaban J connectivity index is 1.14. The Morgan fingerprint density at radius 3 is 2.77 bits per heavy atom. The molecule has 3 aromatic rings. The minimum absolute atomic E-state index is 0.0497. The first-order valence-electron chi connectivity index (χ1n) is 10.7. The summed E-state index contributed by atoms with van der Waals surface area (Å²) in [4.78, 5) is 18.2. The first-order chi connectivity index (χ1) is 15.1. The molecular weight excluding hydrogens is 396 g/mol. The van der Waals surface area contributed by atoms with Gasteiger partial charge in [0.15, 0.2) is 11.5 Å². The number of ether oxygens (including phenoxy) is 3. The van der Waals surface area contributed by atoms with Crippen LogP contribution in [0.25, 0.3) is 10.9 Å². The summed E-state index contributed by atoms with van der Waals surface area (Å²) >= 11 is 0. The fourth-order valence-electron chi connectivity index (χ4n) is 5.17. The lowest BCUT2D eigenvalue weighted by atomic mass is 9.78. The van der Waals surface area contributed by atoms with Gasteiger partial charge in [-0.1, -0.05) is 6.07 Å². The number of carbonyl (C=O) groups excluding carboxylic acids is 1. The van der Waals surface area contributed by atoms with Crippen molar-refractivity contribution in [1.82, 2.24) is 9.88 Å². The highest BCUT2D eigenvalue weighted by Gasteiger charge is 2.44. The Kier molecular flexibility index (Phi) is 4.31. The van der Waals surface area contributed by atoms with Crippen molar-refractivity contribution in [3.63, 3.8) is 0 Å². The molecule has 2 N–H and O–H groups in total. The number of aliphatic hydroxyl groups excluding tert-OH is 1. The molecule has 1 aromatic heterocycles. The van der Waals surface area contributed by atoms with Crippen molar-refractivity contribution in [1.29, 1.82) is 0 Å². The van der Waals surface area contributed by atoms with Gasteiger partial charge in [-0.3, -0.25) is 4.79 Å². The fraction of sp³-hybridized carbons (Fsp3) is 0.375. The predicted octanol–water partition coefficient (Wildman–Crippen LogP) is 3.19. The maximum absolute atomic E-state index is 13.1. The second kappa shape index (κ2) is 7.20. The van der Waals surface area contributed by atoms with Crippen LogP contribution in [-0.2, 0) is 0 Å². The molecule has 1 aliphatic carbocycles. The molecule has 31 heavy (non-hydrogen) atoms. The van der Waals surface area contributed by atoms with Gasteiger partial charge in [-0.05, 0) is 60.4 Å². The van der Waals surface area contributed by atoms with Gasteiger partial charge in [-0.15, -0.1) is 0 Å². The van der Waals surface area contributed by atoms with Crippen LogP contribution >= 0.6 is 0 Å². The zero-order valence-corrected chi connectivity index (χ0v) is 17.0. The Hall–Kier alpha value is -3.19. The van der Waals surface area contributed by atoms with Gasteiger partial charge in [0.2, 0.25) is 6.79 Å². The Bertz CT molecular complexity index is 1140. The summed E-state index contributed by atoms with van der Waals surface area (Å²) in [6, 6.07) is 13.3. The van der Waals surface area contributed by atoms with Crippen molar-refractivity contribution >= 4 is 16.8 Å². The summed E-state index contributed by atoms with van der Waals surface area (Å²) in [5.74, 6) is 2.70. The minimum Gasteiger partial charge on any atom is -0.488 e. The van der Waals surface area contributed by atoms with E-state index in [-0.39, 0.29) is 18.8 Å². The molecule has 2 aromatic carbocycles. The molecule has 1 saturated heterocycles. The number of likely N-dealkylation sites (tertiary alicyclic amines) is 1. The van der Waals surface area contributed by atoms with Crippen LogP contribution in [-0.4, -0.2) is 53.0 Å². The summed E-state index contributed by atoms with van der Waals surface area (Å²) in [7, 11) is 0. The molecule has 0 bridgehead atoms. The number of nitrogens with zero attached hydrogens (tertiary/aromatic N) is 1. The number of benzene rings is 2. The number of aromatic nitrogens is 1. The Labute approximate surface area is 179 Å². The monoisotopic (exact) mass is 420 g/mol. The topological polar surface area (TPSA) is 84.0 Å². The lowest BCUT2D eigenvalue weighted by Gasteiger charge is -2.35. The number of carbonyl (C=O) groups is 1. The first-order valence-corrected chi connectivity index (χ1v) is 10.7. The Morgan fingerprint density at radius 2 is 1.87 bits per heavy atom. The fourth-order valence-corrected chi connectivity index (χ4v) is 5.17. The van der Waals surface area contributed by atoms with E-state index in [1.165, 1.54) is 0 Å². The second-order valence-electron chi connectivity index (χ2n) is 8.72. The summed E-state index contributed by atoms with van der Waals surface area (Å²) in [6.45, 7) is 1.59. The standard InChI is InChI=1S/C24H24N2O5/c27-20-8-16-11-26(24(28)15-2-1-14-5-6-25-19(14)7-15)12-17(16)9-22(20)31-18-3-4-21-23(10-18)30-13-29-21/h1-7,10,16-17,20,22,25,27H,8-9,11-13H2/t16-,17+,20+,22+/m0/s1. The molecule has 1 saturated carbocycles. The van der Waals surface area contributed by atoms with Gasteiger partial charge in [-0.2, -0.15) is 0 Å². The van der Waals surface area contributed by atoms with Gasteiger partial charge < -0.3 is 29.2 Å². The van der Waals surface area contributed by atoms with Crippen molar-refractivity contribution in [3.05, 3.63) is 54.2 Å². The van der Waals surface area contributed by atoms with E-state index in [1.54, 1.807) is 0 Å². The van der Waals surface area contributed by atoms with Crippen LogP contribution in [0, 0.1) is 11.8 Å². The third-order valence-corrected chi connectivity index (χ3v) is 6.81. The van der Waals surface area contributed by atoms with E-state index < -0.39 is 6.10 Å². The van der Waals surface area contributed by atoms with Gasteiger partial charge in [-0.25, -0.2) is 0 Å². The van der Waals surface area contributed by atoms with Crippen LogP contribution in [0.1, 0.15) is 23.2 Å². The molecule has 0 unspecified atom stereocenters. The van der Waals surface area contributed by atoms with Gasteiger partial charge in [0.1, 0.15) is 11.9 Å². The SMILES string of the molecule is O=C(c1ccc2cc[nH]c2c1)N1C[C@H]2C[C@@H](Oc3ccc4c(c3)OCO4)[C@H](O)C[C@H]2C1. The number of hydrogen-bond donors (Lipinski definition) is 2. The first kappa shape index (κ1) is 18.6. The number of aliphatic hydroxyl groups is 1. The smallest absolute Gasteiger partial charge is 0.253 e. The van der Waals surface area contributed by atoms with Crippen molar-refractivity contribution < 1.29 is 24.1 Å². The summed E-state index contributed by atoms with van der Waals surface area (Å²) < 4.78 is 16.9. The molecule has 0 radical (unpaired) electrons. The van der Waals surface area contributed by atoms with Gasteiger partial charge in [0.05, 0.1) is 6.10 Å². The van der Waals surface area contributed by atoms with Crippen LogP contribution in [0.3, 0.4) is 0 Å². The highest BCUT2D eigenvalue weighted by molar-refractivity contribution is 5.98. The maximum atomic E-state index is 13.1. The summed E-state index contributed by atoms with van der Waals surface area (Å²) in [6.07, 6.45) is 2.38. The number of fused-ring (bicyclic) bond motifs is 3. The highest BCUT2D eigenvalue weighted by atomic mass is 16.7. The molecule has 7 nitrogen and oxygen atoms in total. The zero-order valence-electron chi connectivity index (χ0n) is 17.0. The average Bonchev–Trinajstić information content (AvgIpc) is 3.51. The number of nitrogens with one attached hydrogen (secondary N) is 1. The number of hydrogen-bond acceptors (Lipinski definition) is 5. The van der Waals surface area contributed by atoms with Crippen LogP contribution in [0.2, 0.25) is 0 Å². The molecule has 0 spiro atoms. The normalized spacial score (nSPS) is 26.8. The largest absolute Gasteiger partial charge is 0.488 e. The molecule has 4 atom stereocenters. The van der Waals surface area contributed by atoms with E-state index in [0.717, 1.165) is 17.3 Å². The van der Waals surface area contributed by atoms with Gasteiger partial charge in [0, 0.05) is 36.4 Å². The number of aromatic amines is 1. The number of H-pyrrole nitrogens is 1. The number of rotatable bonds is 3. The molecule has 160 valence electrons. The molecule has 3 heterocycles. The lowest BCUT2D eigenvalue weighted by molar-refractivity contribution is -0.0232. The molecule has 7 heteroatoms. The van der Waals surface area contributed by atoms with Crippen LogP contribution in [0.15, 0.2) is 48.7 Å². The minimum atomic E-state index is -0.558. The van der Waals surface area contributed by atoms with E-state index in [4.69, 9.17) is 14.2 Å². The van der Waals surface area contributed by atoms with E-state index in [1.807, 2.05) is 53.6 Å². The zero-order chi connectivity index (χ0) is 20.9. The van der Waals surface area contributed by atoms with Gasteiger partial charge >= 0.3 is 0 Å². The maximum Gasteiger partial charge on any atom is 0.253 e. The molecular formula is C24H24N2O5. The highest BCUT2D eigenvalue weighted by Crippen LogP contribution is 2.40. The molecule has 3 aliphatic rings. The van der Waals surface area contributed by atoms with Crippen molar-refractivity contribution in [2.75, 3.05) is 19.9 Å². The van der Waals surface area contributed by atoms with E-state index in [9.17, 15) is 9.90 Å².